The van der Waals surface area contributed by atoms with Crippen LogP contribution in [0.3, 0.4) is 0 Å². The fraction of sp³-hybridized carbons (Fsp3) is 0.786. The summed E-state index contributed by atoms with van der Waals surface area (Å²) in [5, 5.41) is 0. The molecule has 0 N–H and O–H groups in total. The van der Waals surface area contributed by atoms with E-state index in [2.05, 4.69) is 11.3 Å². The zero-order valence-electron chi connectivity index (χ0n) is 15.3. The fourth-order valence-electron chi connectivity index (χ4n) is 1.85. The summed E-state index contributed by atoms with van der Waals surface area (Å²) in [6.45, 7) is 2.19. The zero-order chi connectivity index (χ0) is 27.2. The van der Waals surface area contributed by atoms with Crippen LogP contribution in [0.25, 0.3) is 0 Å². The highest BCUT2D eigenvalue weighted by molar-refractivity contribution is 5.89. The topological polar surface area (TPSA) is 26.3 Å². The standard InChI is InChI=1S/C14H9F17O2/c1-3-33-6(32)4(2)5(15)8(18,19)10(22,23)12(26,27)14(30,31)13(28,29)11(24,25)9(20,21)7(16)17/h5,7H,2-3H2,1H3. The van der Waals surface area contributed by atoms with E-state index in [1.165, 1.54) is 0 Å². The smallest absolute Gasteiger partial charge is 0.385 e. The Hall–Kier alpha value is -1.98. The predicted molar refractivity (Wildman–Crippen MR) is 71.3 cm³/mol. The number of carbonyl (C=O) groups is 1. The molecule has 0 rings (SSSR count). The third-order valence-electron chi connectivity index (χ3n) is 3.85. The van der Waals surface area contributed by atoms with Gasteiger partial charge in [0.15, 0.2) is 0 Å². The molecule has 1 atom stereocenters. The highest BCUT2D eigenvalue weighted by Crippen LogP contribution is 2.63. The van der Waals surface area contributed by atoms with E-state index < -0.39 is 72.2 Å². The van der Waals surface area contributed by atoms with Gasteiger partial charge in [0.2, 0.25) is 6.17 Å². The SMILES string of the molecule is C=C(C(=O)OCC)C(F)C(F)(F)C(F)(F)C(F)(F)C(F)(F)C(F)(F)C(F)(F)C(F)(F)C(F)F. The third-order valence-corrected chi connectivity index (χ3v) is 3.85. The number of rotatable bonds is 11. The Kier molecular flexibility index (Phi) is 8.14. The largest absolute Gasteiger partial charge is 0.463 e. The number of carbonyl (C=O) groups excluding carboxylic acids is 1. The summed E-state index contributed by atoms with van der Waals surface area (Å²) in [5.41, 5.74) is -2.46. The molecule has 0 aliphatic heterocycles. The van der Waals surface area contributed by atoms with Crippen molar-refractivity contribution in [1.29, 1.82) is 0 Å². The van der Waals surface area contributed by atoms with Gasteiger partial charge < -0.3 is 4.74 Å². The van der Waals surface area contributed by atoms with Crippen LogP contribution in [0.4, 0.5) is 74.6 Å². The van der Waals surface area contributed by atoms with Crippen LogP contribution in [0.1, 0.15) is 6.92 Å². The maximum Gasteiger partial charge on any atom is 0.385 e. The molecule has 0 aromatic heterocycles. The van der Waals surface area contributed by atoms with Gasteiger partial charge in [0.25, 0.3) is 0 Å². The number of halogens is 17. The molecule has 0 aliphatic carbocycles. The summed E-state index contributed by atoms with van der Waals surface area (Å²) in [7, 11) is 0. The molecule has 0 bridgehead atoms. The van der Waals surface area contributed by atoms with E-state index in [9.17, 15) is 79.4 Å². The van der Waals surface area contributed by atoms with Crippen molar-refractivity contribution in [2.75, 3.05) is 6.61 Å². The Morgan fingerprint density at radius 1 is 0.667 bits per heavy atom. The van der Waals surface area contributed by atoms with Gasteiger partial charge >= 0.3 is 53.9 Å². The lowest BCUT2D eigenvalue weighted by Gasteiger charge is -2.42. The number of esters is 1. The van der Waals surface area contributed by atoms with Crippen LogP contribution < -0.4 is 0 Å². The van der Waals surface area contributed by atoms with Crippen molar-refractivity contribution in [1.82, 2.24) is 0 Å². The zero-order valence-corrected chi connectivity index (χ0v) is 15.3. The molecule has 0 aromatic rings. The van der Waals surface area contributed by atoms with Gasteiger partial charge in [-0.25, -0.2) is 18.0 Å². The van der Waals surface area contributed by atoms with E-state index in [4.69, 9.17) is 0 Å². The maximum absolute atomic E-state index is 13.6. The van der Waals surface area contributed by atoms with Crippen molar-refractivity contribution in [3.8, 4) is 0 Å². The summed E-state index contributed by atoms with van der Waals surface area (Å²) < 4.78 is 227. The lowest BCUT2D eigenvalue weighted by molar-refractivity contribution is -0.448. The van der Waals surface area contributed by atoms with Gasteiger partial charge in [-0.3, -0.25) is 0 Å². The minimum absolute atomic E-state index is 0.805. The highest BCUT2D eigenvalue weighted by atomic mass is 19.4. The van der Waals surface area contributed by atoms with E-state index in [1.54, 1.807) is 0 Å². The maximum atomic E-state index is 13.6. The van der Waals surface area contributed by atoms with Gasteiger partial charge in [-0.05, 0) is 6.92 Å². The number of hydrogen-bond donors (Lipinski definition) is 0. The van der Waals surface area contributed by atoms with Crippen LogP contribution in [0.2, 0.25) is 0 Å². The first kappa shape index (κ1) is 31.0. The van der Waals surface area contributed by atoms with Crippen LogP contribution in [0.15, 0.2) is 12.2 Å². The highest BCUT2D eigenvalue weighted by Gasteiger charge is 2.94. The molecular weight excluding hydrogens is 523 g/mol. The molecule has 33 heavy (non-hydrogen) atoms. The summed E-state index contributed by atoms with van der Waals surface area (Å²) in [5.74, 6) is -59.4. The van der Waals surface area contributed by atoms with Crippen LogP contribution in [-0.2, 0) is 9.53 Å². The van der Waals surface area contributed by atoms with Crippen molar-refractivity contribution < 1.29 is 84.2 Å². The van der Waals surface area contributed by atoms with Crippen molar-refractivity contribution in [2.45, 2.75) is 61.0 Å². The van der Waals surface area contributed by atoms with E-state index in [0.717, 1.165) is 6.92 Å². The van der Waals surface area contributed by atoms with E-state index in [0.29, 0.717) is 0 Å². The molecular formula is C14H9F17O2. The first-order chi connectivity index (χ1) is 14.2. The molecule has 0 amide bonds. The molecule has 19 heteroatoms. The molecule has 0 saturated carbocycles. The van der Waals surface area contributed by atoms with Gasteiger partial charge in [0, 0.05) is 0 Å². The minimum Gasteiger partial charge on any atom is -0.463 e. The van der Waals surface area contributed by atoms with Crippen molar-refractivity contribution in [2.24, 2.45) is 0 Å². The van der Waals surface area contributed by atoms with Gasteiger partial charge in [-0.1, -0.05) is 6.58 Å². The predicted octanol–water partition coefficient (Wildman–Crippen LogP) is 6.16. The summed E-state index contributed by atoms with van der Waals surface area (Å²) in [4.78, 5) is 11.0. The Morgan fingerprint density at radius 3 is 1.27 bits per heavy atom. The van der Waals surface area contributed by atoms with Crippen LogP contribution in [0.5, 0.6) is 0 Å². The van der Waals surface area contributed by atoms with Crippen LogP contribution >= 0.6 is 0 Å². The second kappa shape index (κ2) is 8.66. The number of hydrogen-bond acceptors (Lipinski definition) is 2. The van der Waals surface area contributed by atoms with Crippen molar-refractivity contribution >= 4 is 5.97 Å². The molecule has 0 fully saturated rings. The summed E-state index contributed by atoms with van der Waals surface area (Å²) in [6, 6.07) is 0. The molecule has 0 aliphatic rings. The quantitative estimate of drug-likeness (QED) is 0.181. The molecule has 1 unspecified atom stereocenters. The second-order valence-corrected chi connectivity index (χ2v) is 6.03. The van der Waals surface area contributed by atoms with Crippen molar-refractivity contribution in [3.63, 3.8) is 0 Å². The van der Waals surface area contributed by atoms with Gasteiger partial charge in [0.05, 0.1) is 12.2 Å². The Bertz CT molecular complexity index is 742. The van der Waals surface area contributed by atoms with E-state index in [1.807, 2.05) is 0 Å². The molecule has 0 aromatic carbocycles. The monoisotopic (exact) mass is 532 g/mol. The molecule has 196 valence electrons. The van der Waals surface area contributed by atoms with Crippen LogP contribution in [0, 0.1) is 0 Å². The first-order valence-electron chi connectivity index (χ1n) is 7.67. The minimum atomic E-state index is -8.65. The van der Waals surface area contributed by atoms with E-state index >= 15 is 0 Å². The summed E-state index contributed by atoms with van der Waals surface area (Å²) in [6.07, 6.45) is -11.1. The molecule has 0 radical (unpaired) electrons. The second-order valence-electron chi connectivity index (χ2n) is 6.03. The average molecular weight is 532 g/mol. The Balaban J connectivity index is 6.68. The molecule has 0 spiro atoms. The summed E-state index contributed by atoms with van der Waals surface area (Å²) >= 11 is 0. The number of ether oxygens (including phenoxy) is 1. The van der Waals surface area contributed by atoms with Crippen molar-refractivity contribution in [3.05, 3.63) is 12.2 Å². The lowest BCUT2D eigenvalue weighted by Crippen LogP contribution is -2.74. The lowest BCUT2D eigenvalue weighted by atomic mass is 9.87. The Morgan fingerprint density at radius 2 is 0.970 bits per heavy atom. The average Bonchev–Trinajstić information content (AvgIpc) is 2.65. The number of alkyl halides is 17. The van der Waals surface area contributed by atoms with E-state index in [-0.39, 0.29) is 0 Å². The van der Waals surface area contributed by atoms with Gasteiger partial charge in [-0.15, -0.1) is 0 Å². The molecule has 0 heterocycles. The van der Waals surface area contributed by atoms with Gasteiger partial charge in [-0.2, -0.15) is 61.5 Å². The van der Waals surface area contributed by atoms with Gasteiger partial charge in [0.1, 0.15) is 0 Å². The first-order valence-corrected chi connectivity index (χ1v) is 7.67. The normalized spacial score (nSPS) is 16.1. The molecule has 2 nitrogen and oxygen atoms in total. The Labute approximate surface area is 171 Å². The fourth-order valence-corrected chi connectivity index (χ4v) is 1.85. The molecule has 0 saturated heterocycles. The van der Waals surface area contributed by atoms with Crippen LogP contribution in [-0.4, -0.2) is 66.6 Å². The third kappa shape index (κ3) is 4.19.